The van der Waals surface area contributed by atoms with Crippen molar-refractivity contribution in [3.63, 3.8) is 0 Å². The summed E-state index contributed by atoms with van der Waals surface area (Å²) in [6.07, 6.45) is 3.90. The maximum Gasteiger partial charge on any atom is 0.272 e. The van der Waals surface area contributed by atoms with Crippen LogP contribution in [0.25, 0.3) is 4.85 Å². The van der Waals surface area contributed by atoms with Crippen LogP contribution in [0.1, 0.15) is 40.7 Å². The molecule has 1 saturated heterocycles. The van der Waals surface area contributed by atoms with E-state index in [-0.39, 0.29) is 11.8 Å². The molecule has 0 bridgehead atoms. The van der Waals surface area contributed by atoms with Gasteiger partial charge in [0.15, 0.2) is 5.11 Å². The summed E-state index contributed by atoms with van der Waals surface area (Å²) >= 11 is 5.77. The predicted molar refractivity (Wildman–Crippen MR) is 119 cm³/mol. The number of carbonyl (C=O) groups excluding carboxylic acids is 2. The monoisotopic (exact) mass is 419 g/mol. The number of hydrogen-bond acceptors (Lipinski definition) is 4. The zero-order chi connectivity index (χ0) is 21.6. The highest BCUT2D eigenvalue weighted by molar-refractivity contribution is 7.81. The Labute approximate surface area is 180 Å². The van der Waals surface area contributed by atoms with Crippen molar-refractivity contribution in [2.75, 3.05) is 16.8 Å². The molecule has 0 unspecified atom stereocenters. The third-order valence-electron chi connectivity index (χ3n) is 5.93. The second-order valence-electron chi connectivity index (χ2n) is 7.67. The highest BCUT2D eigenvalue weighted by Gasteiger charge is 2.59. The Hall–Kier alpha value is -3.31. The van der Waals surface area contributed by atoms with Crippen LogP contribution in [0.3, 0.4) is 0 Å². The number of benzene rings is 1. The summed E-state index contributed by atoms with van der Waals surface area (Å²) in [5, 5.41) is 3.03. The van der Waals surface area contributed by atoms with Gasteiger partial charge in [0, 0.05) is 18.3 Å². The van der Waals surface area contributed by atoms with E-state index in [2.05, 4.69) is 15.1 Å². The molecule has 0 radical (unpaired) electrons. The highest BCUT2D eigenvalue weighted by atomic mass is 32.1. The van der Waals surface area contributed by atoms with Gasteiger partial charge in [0.1, 0.15) is 11.7 Å². The number of carbonyl (C=O) groups is 2. The van der Waals surface area contributed by atoms with Crippen LogP contribution >= 0.6 is 12.2 Å². The number of nitrogens with one attached hydrogen (secondary N) is 1. The molecule has 8 heteroatoms. The number of aromatic nitrogens is 1. The average molecular weight is 420 g/mol. The fraction of sp³-hybridized carbons (Fsp3) is 0.318. The molecule has 2 aromatic rings. The fourth-order valence-corrected chi connectivity index (χ4v) is 4.65. The first-order valence-electron chi connectivity index (χ1n) is 9.69. The molecule has 0 atom stereocenters. The van der Waals surface area contributed by atoms with Gasteiger partial charge in [-0.2, -0.15) is 0 Å². The Morgan fingerprint density at radius 3 is 2.47 bits per heavy atom. The van der Waals surface area contributed by atoms with Gasteiger partial charge < -0.3 is 15.1 Å². The van der Waals surface area contributed by atoms with E-state index in [1.165, 1.54) is 11.1 Å². The average Bonchev–Trinajstić information content (AvgIpc) is 2.94. The van der Waals surface area contributed by atoms with Crippen molar-refractivity contribution in [1.82, 2.24) is 10.3 Å². The normalized spacial score (nSPS) is 17.1. The molecular weight excluding hydrogens is 398 g/mol. The summed E-state index contributed by atoms with van der Waals surface area (Å²) < 4.78 is 0. The molecule has 1 N–H and O–H groups in total. The number of hydrogen-bond donors (Lipinski definition) is 1. The molecular formula is C22H21N5O2S. The quantitative estimate of drug-likeness (QED) is 0.607. The van der Waals surface area contributed by atoms with Gasteiger partial charge in [-0.3, -0.25) is 14.5 Å². The predicted octanol–water partition coefficient (Wildman–Crippen LogP) is 3.67. The second-order valence-corrected chi connectivity index (χ2v) is 8.03. The van der Waals surface area contributed by atoms with E-state index in [9.17, 15) is 9.59 Å². The topological polar surface area (TPSA) is 69.9 Å². The number of aryl methyl sites for hydroxylation is 2. The Balaban J connectivity index is 1.78. The lowest BCUT2D eigenvalue weighted by molar-refractivity contribution is -0.123. The van der Waals surface area contributed by atoms with Gasteiger partial charge in [-0.25, -0.2) is 0 Å². The van der Waals surface area contributed by atoms with Crippen LogP contribution < -0.4 is 15.1 Å². The van der Waals surface area contributed by atoms with Crippen LogP contribution in [0.2, 0.25) is 0 Å². The molecule has 1 aromatic carbocycles. The molecule has 4 rings (SSSR count). The Kier molecular flexibility index (Phi) is 4.79. The van der Waals surface area contributed by atoms with Crippen molar-refractivity contribution in [3.05, 3.63) is 58.6 Å². The van der Waals surface area contributed by atoms with Gasteiger partial charge in [0.25, 0.3) is 17.6 Å². The molecule has 2 aliphatic rings. The third kappa shape index (κ3) is 2.77. The molecule has 2 heterocycles. The fourth-order valence-electron chi connectivity index (χ4n) is 4.18. The highest BCUT2D eigenvalue weighted by Crippen LogP contribution is 2.48. The summed E-state index contributed by atoms with van der Waals surface area (Å²) in [6, 6.07) is 7.29. The molecule has 30 heavy (non-hydrogen) atoms. The first kappa shape index (κ1) is 20.0. The zero-order valence-corrected chi connectivity index (χ0v) is 17.8. The second kappa shape index (κ2) is 7.18. The van der Waals surface area contributed by atoms with E-state index in [0.717, 1.165) is 17.7 Å². The maximum absolute atomic E-state index is 13.5. The largest absolute Gasteiger partial charge is 0.360 e. The minimum absolute atomic E-state index is 0.0662. The molecule has 1 aromatic heterocycles. The van der Waals surface area contributed by atoms with Crippen molar-refractivity contribution in [3.8, 4) is 0 Å². The van der Waals surface area contributed by atoms with Gasteiger partial charge in [0.2, 0.25) is 0 Å². The van der Waals surface area contributed by atoms with Crippen LogP contribution in [-0.4, -0.2) is 34.5 Å². The number of amides is 2. The lowest BCUT2D eigenvalue weighted by Crippen LogP contribution is -2.55. The molecule has 1 aliphatic heterocycles. The van der Waals surface area contributed by atoms with Crippen LogP contribution in [0, 0.1) is 20.4 Å². The van der Waals surface area contributed by atoms with Crippen molar-refractivity contribution in [2.45, 2.75) is 38.6 Å². The van der Waals surface area contributed by atoms with Crippen LogP contribution in [0.4, 0.5) is 17.2 Å². The summed E-state index contributed by atoms with van der Waals surface area (Å²) in [7, 11) is 1.60. The summed E-state index contributed by atoms with van der Waals surface area (Å²) in [6.45, 7) is 10.9. The van der Waals surface area contributed by atoms with Crippen molar-refractivity contribution >= 4 is 46.3 Å². The smallest absolute Gasteiger partial charge is 0.272 e. The number of thiocarbonyl (C=S) groups is 1. The van der Waals surface area contributed by atoms with Crippen molar-refractivity contribution in [2.24, 2.45) is 0 Å². The Bertz CT molecular complexity index is 1130. The first-order chi connectivity index (χ1) is 14.3. The summed E-state index contributed by atoms with van der Waals surface area (Å²) in [5.74, 6) is 0.0936. The summed E-state index contributed by atoms with van der Waals surface area (Å²) in [5.41, 5.74) is 2.76. The van der Waals surface area contributed by atoms with Gasteiger partial charge in [-0.15, -0.1) is 4.98 Å². The maximum atomic E-state index is 13.5. The standard InChI is InChI=1S/C22H21N5O2S/c1-13-10-15(6-7-17(13)19(28)24-4)27-21(30)26(20(29)22(27)8-5-9-22)16-11-14(2)18(23-3)25-12-16/h6-7,10-12H,5,8-9H2,1-2,4H3,(H,24,28). The van der Waals surface area contributed by atoms with E-state index in [1.54, 1.807) is 26.1 Å². The zero-order valence-electron chi connectivity index (χ0n) is 17.0. The summed E-state index contributed by atoms with van der Waals surface area (Å²) in [4.78, 5) is 36.6. The van der Waals surface area contributed by atoms with E-state index in [4.69, 9.17) is 18.8 Å². The van der Waals surface area contributed by atoms with E-state index in [0.29, 0.717) is 40.6 Å². The molecule has 2 fully saturated rings. The van der Waals surface area contributed by atoms with Gasteiger partial charge >= 0.3 is 0 Å². The molecule has 152 valence electrons. The Morgan fingerprint density at radius 2 is 1.93 bits per heavy atom. The molecule has 1 aliphatic carbocycles. The van der Waals surface area contributed by atoms with Gasteiger partial charge in [0.05, 0.1) is 5.69 Å². The molecule has 1 saturated carbocycles. The molecule has 1 spiro atoms. The van der Waals surface area contributed by atoms with Crippen molar-refractivity contribution in [1.29, 1.82) is 0 Å². The number of pyridine rings is 1. The third-order valence-corrected chi connectivity index (χ3v) is 6.30. The Morgan fingerprint density at radius 1 is 1.23 bits per heavy atom. The van der Waals surface area contributed by atoms with Crippen LogP contribution in [-0.2, 0) is 4.79 Å². The van der Waals surface area contributed by atoms with Crippen molar-refractivity contribution < 1.29 is 9.59 Å². The lowest BCUT2D eigenvalue weighted by Gasteiger charge is -2.43. The lowest BCUT2D eigenvalue weighted by atomic mass is 9.75. The van der Waals surface area contributed by atoms with Crippen LogP contribution in [0.15, 0.2) is 30.5 Å². The molecule has 2 amide bonds. The van der Waals surface area contributed by atoms with E-state index in [1.807, 2.05) is 24.0 Å². The number of rotatable bonds is 3. The molecule has 7 nitrogen and oxygen atoms in total. The van der Waals surface area contributed by atoms with E-state index >= 15 is 0 Å². The first-order valence-corrected chi connectivity index (χ1v) is 10.1. The minimum atomic E-state index is -0.704. The van der Waals surface area contributed by atoms with Crippen LogP contribution in [0.5, 0.6) is 0 Å². The van der Waals surface area contributed by atoms with Gasteiger partial charge in [-0.1, -0.05) is 6.57 Å². The SMILES string of the molecule is [C-]#[N+]c1ncc(N2C(=O)C3(CCC3)N(c3ccc(C(=O)NC)c(C)c3)C2=S)cc1C. The minimum Gasteiger partial charge on any atom is -0.360 e. The van der Waals surface area contributed by atoms with Gasteiger partial charge in [-0.05, 0) is 80.7 Å². The number of nitrogens with zero attached hydrogens (tertiary/aromatic N) is 4. The number of anilines is 2. The van der Waals surface area contributed by atoms with E-state index < -0.39 is 5.54 Å².